The minimum absolute atomic E-state index is 0.160. The number of rotatable bonds is 9. The Kier molecular flexibility index (Phi) is 7.80. The highest BCUT2D eigenvalue weighted by molar-refractivity contribution is 5.86. The van der Waals surface area contributed by atoms with E-state index in [2.05, 4.69) is 6.58 Å². The standard InChI is InChI=1S/C22H32O11/c1-7-26-14(23)9-21(5)30-16-13(11-28-19(25)12(3)4)29-20-18(17(16)31-21)32-22(6,33-20)10-15(24)27-8-2/h13,16-18,20H,3,7-11H2,1-2,4-6H3/t13-,16+,17+,18-,20+,21?,22?/m1/s1. The van der Waals surface area contributed by atoms with Crippen LogP contribution in [0.25, 0.3) is 0 Å². The molecule has 0 bridgehead atoms. The lowest BCUT2D eigenvalue weighted by molar-refractivity contribution is -0.246. The molecule has 0 saturated carbocycles. The summed E-state index contributed by atoms with van der Waals surface area (Å²) in [6.07, 6.45) is -4.25. The van der Waals surface area contributed by atoms with Crippen LogP contribution in [0.3, 0.4) is 0 Å². The average molecular weight is 472 g/mol. The van der Waals surface area contributed by atoms with E-state index in [1.54, 1.807) is 27.7 Å². The van der Waals surface area contributed by atoms with Crippen molar-refractivity contribution in [3.05, 3.63) is 12.2 Å². The Balaban J connectivity index is 1.79. The average Bonchev–Trinajstić information content (AvgIpc) is 3.22. The van der Waals surface area contributed by atoms with Gasteiger partial charge in [0, 0.05) is 5.57 Å². The van der Waals surface area contributed by atoms with Gasteiger partial charge in [0.1, 0.15) is 31.0 Å². The third-order valence-electron chi connectivity index (χ3n) is 5.38. The van der Waals surface area contributed by atoms with Crippen LogP contribution in [0.2, 0.25) is 0 Å². The molecule has 0 aromatic heterocycles. The Bertz CT molecular complexity index is 782. The normalized spacial score (nSPS) is 37.1. The Hall–Kier alpha value is -2.05. The van der Waals surface area contributed by atoms with Crippen molar-refractivity contribution in [2.24, 2.45) is 0 Å². The summed E-state index contributed by atoms with van der Waals surface area (Å²) in [5, 5.41) is 0. The van der Waals surface area contributed by atoms with Crippen LogP contribution >= 0.6 is 0 Å². The van der Waals surface area contributed by atoms with E-state index in [0.717, 1.165) is 0 Å². The molecule has 186 valence electrons. The summed E-state index contributed by atoms with van der Waals surface area (Å²) in [6, 6.07) is 0. The molecule has 0 aliphatic carbocycles. The van der Waals surface area contributed by atoms with E-state index in [9.17, 15) is 14.4 Å². The Morgan fingerprint density at radius 2 is 1.33 bits per heavy atom. The summed E-state index contributed by atoms with van der Waals surface area (Å²) in [7, 11) is 0. The molecular formula is C22H32O11. The first-order valence-electron chi connectivity index (χ1n) is 11.0. The van der Waals surface area contributed by atoms with Crippen molar-refractivity contribution in [1.29, 1.82) is 0 Å². The summed E-state index contributed by atoms with van der Waals surface area (Å²) in [5.41, 5.74) is 0.235. The van der Waals surface area contributed by atoms with Crippen molar-refractivity contribution in [2.45, 2.75) is 89.7 Å². The fourth-order valence-corrected chi connectivity index (χ4v) is 4.07. The number of carbonyl (C=O) groups excluding carboxylic acids is 3. The van der Waals surface area contributed by atoms with Gasteiger partial charge in [0.15, 0.2) is 17.9 Å². The van der Waals surface area contributed by atoms with Crippen LogP contribution in [-0.2, 0) is 52.3 Å². The predicted octanol–water partition coefficient (Wildman–Crippen LogP) is 1.37. The molecule has 11 nitrogen and oxygen atoms in total. The molecule has 0 amide bonds. The Morgan fingerprint density at radius 3 is 1.88 bits per heavy atom. The Morgan fingerprint density at radius 1 is 0.818 bits per heavy atom. The van der Waals surface area contributed by atoms with Gasteiger partial charge in [-0.1, -0.05) is 6.58 Å². The van der Waals surface area contributed by atoms with E-state index in [4.69, 9.17) is 37.9 Å². The van der Waals surface area contributed by atoms with Crippen LogP contribution < -0.4 is 0 Å². The molecule has 0 radical (unpaired) electrons. The maximum atomic E-state index is 12.1. The van der Waals surface area contributed by atoms with Crippen molar-refractivity contribution in [3.63, 3.8) is 0 Å². The molecule has 0 N–H and O–H groups in total. The second-order valence-electron chi connectivity index (χ2n) is 8.52. The summed E-state index contributed by atoms with van der Waals surface area (Å²) in [4.78, 5) is 36.0. The van der Waals surface area contributed by atoms with E-state index in [0.29, 0.717) is 0 Å². The molecule has 3 fully saturated rings. The van der Waals surface area contributed by atoms with E-state index in [1.807, 2.05) is 0 Å². The molecule has 3 aliphatic rings. The van der Waals surface area contributed by atoms with E-state index in [1.165, 1.54) is 6.92 Å². The molecule has 0 spiro atoms. The number of hydrogen-bond acceptors (Lipinski definition) is 11. The molecule has 33 heavy (non-hydrogen) atoms. The van der Waals surface area contributed by atoms with Gasteiger partial charge in [0.25, 0.3) is 0 Å². The van der Waals surface area contributed by atoms with E-state index >= 15 is 0 Å². The van der Waals surface area contributed by atoms with Crippen LogP contribution in [0, 0.1) is 0 Å². The lowest BCUT2D eigenvalue weighted by Gasteiger charge is -2.36. The van der Waals surface area contributed by atoms with Gasteiger partial charge in [-0.15, -0.1) is 0 Å². The van der Waals surface area contributed by atoms with Gasteiger partial charge >= 0.3 is 17.9 Å². The highest BCUT2D eigenvalue weighted by atomic mass is 16.9. The van der Waals surface area contributed by atoms with Gasteiger partial charge in [-0.05, 0) is 34.6 Å². The SMILES string of the molecule is C=C(C)C(=O)OC[C@H]1O[C@H]2OC(C)(CC(=O)OCC)O[C@@H]2[C@H]2OC(C)(CC(=O)OCC)O[C@H]21. The molecule has 11 heteroatoms. The third kappa shape index (κ3) is 5.90. The first-order chi connectivity index (χ1) is 15.5. The maximum Gasteiger partial charge on any atom is 0.333 e. The molecule has 3 saturated heterocycles. The summed E-state index contributed by atoms with van der Waals surface area (Å²) in [5.74, 6) is -4.20. The molecule has 0 aromatic carbocycles. The van der Waals surface area contributed by atoms with Crippen molar-refractivity contribution in [3.8, 4) is 0 Å². The molecule has 2 unspecified atom stereocenters. The van der Waals surface area contributed by atoms with Crippen LogP contribution in [0.4, 0.5) is 0 Å². The topological polar surface area (TPSA) is 125 Å². The molecule has 3 aliphatic heterocycles. The summed E-state index contributed by atoms with van der Waals surface area (Å²) in [6.45, 7) is 12.0. The van der Waals surface area contributed by atoms with Crippen LogP contribution in [-0.4, -0.2) is 80.0 Å². The van der Waals surface area contributed by atoms with Crippen molar-refractivity contribution in [1.82, 2.24) is 0 Å². The predicted molar refractivity (Wildman–Crippen MR) is 109 cm³/mol. The minimum atomic E-state index is -1.32. The van der Waals surface area contributed by atoms with Crippen molar-refractivity contribution in [2.75, 3.05) is 19.8 Å². The quantitative estimate of drug-likeness (QED) is 0.274. The lowest BCUT2D eigenvalue weighted by Crippen LogP contribution is -2.56. The second-order valence-corrected chi connectivity index (χ2v) is 8.52. The number of ether oxygens (including phenoxy) is 8. The third-order valence-corrected chi connectivity index (χ3v) is 5.38. The Labute approximate surface area is 192 Å². The minimum Gasteiger partial charge on any atom is -0.466 e. The van der Waals surface area contributed by atoms with Gasteiger partial charge in [-0.25, -0.2) is 4.79 Å². The fourth-order valence-electron chi connectivity index (χ4n) is 4.07. The lowest BCUT2D eigenvalue weighted by atomic mass is 9.99. The first kappa shape index (κ1) is 25.6. The smallest absolute Gasteiger partial charge is 0.333 e. The van der Waals surface area contributed by atoms with E-state index < -0.39 is 60.2 Å². The van der Waals surface area contributed by atoms with Crippen LogP contribution in [0.1, 0.15) is 47.5 Å². The highest BCUT2D eigenvalue weighted by Gasteiger charge is 2.63. The monoisotopic (exact) mass is 472 g/mol. The van der Waals surface area contributed by atoms with Gasteiger partial charge in [0.05, 0.1) is 26.1 Å². The molecule has 7 atom stereocenters. The zero-order valence-corrected chi connectivity index (χ0v) is 19.6. The second kappa shape index (κ2) is 10.1. The van der Waals surface area contributed by atoms with Crippen LogP contribution in [0.15, 0.2) is 12.2 Å². The van der Waals surface area contributed by atoms with Crippen LogP contribution in [0.5, 0.6) is 0 Å². The number of hydrogen-bond donors (Lipinski definition) is 0. The first-order valence-corrected chi connectivity index (χ1v) is 11.0. The highest BCUT2D eigenvalue weighted by Crippen LogP contribution is 2.46. The zero-order valence-electron chi connectivity index (χ0n) is 19.6. The molecule has 0 aromatic rings. The zero-order chi connectivity index (χ0) is 24.4. The number of carbonyl (C=O) groups is 3. The van der Waals surface area contributed by atoms with Gasteiger partial charge in [-0.3, -0.25) is 9.59 Å². The fraction of sp³-hybridized carbons (Fsp3) is 0.773. The molecule has 3 heterocycles. The van der Waals surface area contributed by atoms with Crippen molar-refractivity contribution < 1.29 is 52.3 Å². The number of fused-ring (bicyclic) bond motifs is 3. The number of esters is 3. The maximum absolute atomic E-state index is 12.1. The molecule has 3 rings (SSSR count). The molecular weight excluding hydrogens is 440 g/mol. The van der Waals surface area contributed by atoms with Gasteiger partial charge in [0.2, 0.25) is 0 Å². The van der Waals surface area contributed by atoms with E-state index in [-0.39, 0.29) is 38.2 Å². The summed E-state index contributed by atoms with van der Waals surface area (Å²) >= 11 is 0. The van der Waals surface area contributed by atoms with Gasteiger partial charge in [-0.2, -0.15) is 0 Å². The van der Waals surface area contributed by atoms with Gasteiger partial charge < -0.3 is 37.9 Å². The largest absolute Gasteiger partial charge is 0.466 e. The van der Waals surface area contributed by atoms with Crippen molar-refractivity contribution >= 4 is 17.9 Å². The summed E-state index contributed by atoms with van der Waals surface area (Å²) < 4.78 is 45.5.